The molecule has 1 aromatic rings. The lowest BCUT2D eigenvalue weighted by Crippen LogP contribution is -2.34. The minimum Gasteiger partial charge on any atom is -0.393 e. The number of hydrogen-bond acceptors (Lipinski definition) is 3. The van der Waals surface area contributed by atoms with Crippen molar-refractivity contribution in [2.24, 2.45) is 13.0 Å². The number of rotatable bonds is 4. The summed E-state index contributed by atoms with van der Waals surface area (Å²) in [6, 6.07) is 0. The van der Waals surface area contributed by atoms with Gasteiger partial charge >= 0.3 is 0 Å². The van der Waals surface area contributed by atoms with Crippen LogP contribution in [0.2, 0.25) is 0 Å². The number of nitrogens with one attached hydrogen (secondary N) is 1. The van der Waals surface area contributed by atoms with Crippen molar-refractivity contribution in [2.45, 2.75) is 38.3 Å². The van der Waals surface area contributed by atoms with Crippen LogP contribution < -0.4 is 5.32 Å². The first-order valence-electron chi connectivity index (χ1n) is 6.12. The van der Waals surface area contributed by atoms with Crippen LogP contribution in [0, 0.1) is 5.92 Å². The highest BCUT2D eigenvalue weighted by atomic mass is 16.3. The molecule has 0 bridgehead atoms. The summed E-state index contributed by atoms with van der Waals surface area (Å²) >= 11 is 0. The first-order chi connectivity index (χ1) is 7.77. The Morgan fingerprint density at radius 1 is 1.50 bits per heavy atom. The second kappa shape index (κ2) is 5.46. The standard InChI is InChI=1S/C12H21N3O/c1-15-7-6-14-12(15)9-13-8-10-4-2-3-5-11(10)16/h6-7,10-11,13,16H,2-5,8-9H2,1H3. The van der Waals surface area contributed by atoms with E-state index in [0.29, 0.717) is 5.92 Å². The van der Waals surface area contributed by atoms with Gasteiger partial charge in [-0.3, -0.25) is 0 Å². The topological polar surface area (TPSA) is 50.1 Å². The molecule has 2 unspecified atom stereocenters. The SMILES string of the molecule is Cn1ccnc1CNCC1CCCCC1O. The van der Waals surface area contributed by atoms with E-state index in [2.05, 4.69) is 10.3 Å². The number of aromatic nitrogens is 2. The van der Waals surface area contributed by atoms with E-state index in [1.165, 1.54) is 12.8 Å². The summed E-state index contributed by atoms with van der Waals surface area (Å²) in [5, 5.41) is 13.2. The second-order valence-corrected chi connectivity index (χ2v) is 4.70. The van der Waals surface area contributed by atoms with E-state index >= 15 is 0 Å². The Balaban J connectivity index is 1.73. The van der Waals surface area contributed by atoms with Crippen LogP contribution in [0.4, 0.5) is 0 Å². The monoisotopic (exact) mass is 223 g/mol. The molecule has 2 atom stereocenters. The van der Waals surface area contributed by atoms with Gasteiger partial charge in [0.2, 0.25) is 0 Å². The predicted octanol–water partition coefficient (Wildman–Crippen LogP) is 1.06. The molecule has 1 fully saturated rings. The summed E-state index contributed by atoms with van der Waals surface area (Å²) in [6.45, 7) is 1.68. The minimum absolute atomic E-state index is 0.109. The molecule has 1 aliphatic rings. The molecule has 1 aliphatic carbocycles. The Hall–Kier alpha value is -0.870. The molecule has 0 aliphatic heterocycles. The third-order valence-electron chi connectivity index (χ3n) is 3.48. The number of hydrogen-bond donors (Lipinski definition) is 2. The van der Waals surface area contributed by atoms with Crippen LogP contribution in [-0.4, -0.2) is 27.3 Å². The quantitative estimate of drug-likeness (QED) is 0.802. The smallest absolute Gasteiger partial charge is 0.122 e. The van der Waals surface area contributed by atoms with E-state index in [4.69, 9.17) is 0 Å². The third kappa shape index (κ3) is 2.83. The van der Waals surface area contributed by atoms with Crippen LogP contribution in [-0.2, 0) is 13.6 Å². The molecule has 1 heterocycles. The Morgan fingerprint density at radius 3 is 3.00 bits per heavy atom. The molecule has 4 nitrogen and oxygen atoms in total. The molecule has 0 spiro atoms. The van der Waals surface area contributed by atoms with Crippen LogP contribution in [0.5, 0.6) is 0 Å². The molecule has 1 saturated carbocycles. The fourth-order valence-electron chi connectivity index (χ4n) is 2.36. The molecule has 4 heteroatoms. The van der Waals surface area contributed by atoms with E-state index in [1.54, 1.807) is 0 Å². The zero-order valence-electron chi connectivity index (χ0n) is 9.89. The van der Waals surface area contributed by atoms with E-state index in [0.717, 1.165) is 31.8 Å². The second-order valence-electron chi connectivity index (χ2n) is 4.70. The maximum absolute atomic E-state index is 9.82. The molecule has 2 N–H and O–H groups in total. The van der Waals surface area contributed by atoms with E-state index in [9.17, 15) is 5.11 Å². The first-order valence-corrected chi connectivity index (χ1v) is 6.12. The van der Waals surface area contributed by atoms with Gasteiger partial charge in [0, 0.05) is 26.0 Å². The molecule has 16 heavy (non-hydrogen) atoms. The average molecular weight is 223 g/mol. The van der Waals surface area contributed by atoms with E-state index in [1.807, 2.05) is 24.0 Å². The van der Waals surface area contributed by atoms with Crippen LogP contribution in [0.3, 0.4) is 0 Å². The molecule has 2 rings (SSSR count). The molecule has 1 aromatic heterocycles. The van der Waals surface area contributed by atoms with Crippen LogP contribution >= 0.6 is 0 Å². The molecule has 0 saturated heterocycles. The van der Waals surface area contributed by atoms with Gasteiger partial charge in [-0.25, -0.2) is 4.98 Å². The lowest BCUT2D eigenvalue weighted by Gasteiger charge is -2.27. The number of aryl methyl sites for hydroxylation is 1. The van der Waals surface area contributed by atoms with E-state index in [-0.39, 0.29) is 6.10 Å². The van der Waals surface area contributed by atoms with Crippen LogP contribution in [0.1, 0.15) is 31.5 Å². The molecular weight excluding hydrogens is 202 g/mol. The Labute approximate surface area is 96.7 Å². The average Bonchev–Trinajstić information content (AvgIpc) is 2.67. The minimum atomic E-state index is -0.109. The van der Waals surface area contributed by atoms with Crippen molar-refractivity contribution < 1.29 is 5.11 Å². The molecule has 0 aromatic carbocycles. The van der Waals surface area contributed by atoms with Crippen molar-refractivity contribution in [2.75, 3.05) is 6.54 Å². The Morgan fingerprint density at radius 2 is 2.31 bits per heavy atom. The van der Waals surface area contributed by atoms with Crippen LogP contribution in [0.25, 0.3) is 0 Å². The van der Waals surface area contributed by atoms with Crippen molar-refractivity contribution >= 4 is 0 Å². The zero-order valence-corrected chi connectivity index (χ0v) is 9.89. The molecule has 0 amide bonds. The predicted molar refractivity (Wildman–Crippen MR) is 62.9 cm³/mol. The van der Waals surface area contributed by atoms with Crippen LogP contribution in [0.15, 0.2) is 12.4 Å². The highest BCUT2D eigenvalue weighted by molar-refractivity contribution is 4.90. The lowest BCUT2D eigenvalue weighted by atomic mass is 9.86. The van der Waals surface area contributed by atoms with Gasteiger partial charge in [-0.1, -0.05) is 12.8 Å². The lowest BCUT2D eigenvalue weighted by molar-refractivity contribution is 0.0694. The van der Waals surface area contributed by atoms with Gasteiger partial charge in [-0.05, 0) is 18.8 Å². The summed E-state index contributed by atoms with van der Waals surface area (Å²) in [4.78, 5) is 4.26. The van der Waals surface area contributed by atoms with Gasteiger partial charge in [0.05, 0.1) is 12.6 Å². The van der Waals surface area contributed by atoms with Gasteiger partial charge < -0.3 is 15.0 Å². The summed E-state index contributed by atoms with van der Waals surface area (Å²) in [5.41, 5.74) is 0. The van der Waals surface area contributed by atoms with Crippen molar-refractivity contribution in [3.63, 3.8) is 0 Å². The summed E-state index contributed by atoms with van der Waals surface area (Å²) in [5.74, 6) is 1.47. The van der Waals surface area contributed by atoms with Gasteiger partial charge in [-0.2, -0.15) is 0 Å². The van der Waals surface area contributed by atoms with Gasteiger partial charge in [0.1, 0.15) is 5.82 Å². The van der Waals surface area contributed by atoms with E-state index < -0.39 is 0 Å². The van der Waals surface area contributed by atoms with Gasteiger partial charge in [0.25, 0.3) is 0 Å². The normalized spacial score (nSPS) is 25.9. The first kappa shape index (κ1) is 11.6. The fraction of sp³-hybridized carbons (Fsp3) is 0.750. The van der Waals surface area contributed by atoms with Crippen molar-refractivity contribution in [3.8, 4) is 0 Å². The highest BCUT2D eigenvalue weighted by Gasteiger charge is 2.22. The number of imidazole rings is 1. The summed E-state index contributed by atoms with van der Waals surface area (Å²) in [6.07, 6.45) is 8.20. The Kier molecular flexibility index (Phi) is 3.96. The third-order valence-corrected chi connectivity index (χ3v) is 3.48. The summed E-state index contributed by atoms with van der Waals surface area (Å²) < 4.78 is 2.02. The fourth-order valence-corrected chi connectivity index (χ4v) is 2.36. The maximum atomic E-state index is 9.82. The molecular formula is C12H21N3O. The van der Waals surface area contributed by atoms with Crippen molar-refractivity contribution in [1.29, 1.82) is 0 Å². The van der Waals surface area contributed by atoms with Crippen molar-refractivity contribution in [3.05, 3.63) is 18.2 Å². The number of nitrogens with zero attached hydrogens (tertiary/aromatic N) is 2. The molecule has 90 valence electrons. The van der Waals surface area contributed by atoms with Gasteiger partial charge in [0.15, 0.2) is 0 Å². The van der Waals surface area contributed by atoms with Gasteiger partial charge in [-0.15, -0.1) is 0 Å². The highest BCUT2D eigenvalue weighted by Crippen LogP contribution is 2.23. The number of aliphatic hydroxyl groups excluding tert-OH is 1. The largest absolute Gasteiger partial charge is 0.393 e. The van der Waals surface area contributed by atoms with Crippen molar-refractivity contribution in [1.82, 2.24) is 14.9 Å². The maximum Gasteiger partial charge on any atom is 0.122 e. The summed E-state index contributed by atoms with van der Waals surface area (Å²) in [7, 11) is 2.00. The number of aliphatic hydroxyl groups is 1. The molecule has 0 radical (unpaired) electrons. The zero-order chi connectivity index (χ0) is 11.4. The Bertz CT molecular complexity index is 324.